The highest BCUT2D eigenvalue weighted by atomic mass is 15.2. The van der Waals surface area contributed by atoms with E-state index < -0.39 is 0 Å². The summed E-state index contributed by atoms with van der Waals surface area (Å²) >= 11 is 0. The average molecular weight is 252 g/mol. The summed E-state index contributed by atoms with van der Waals surface area (Å²) in [5.74, 6) is 0. The molecule has 2 aromatic carbocycles. The lowest BCUT2D eigenvalue weighted by molar-refractivity contribution is 0.794. The summed E-state index contributed by atoms with van der Waals surface area (Å²) < 4.78 is 0. The van der Waals surface area contributed by atoms with Crippen molar-refractivity contribution in [2.75, 3.05) is 10.6 Å². The summed E-state index contributed by atoms with van der Waals surface area (Å²) in [6.07, 6.45) is 2.58. The highest BCUT2D eigenvalue weighted by Gasteiger charge is 2.29. The average Bonchev–Trinajstić information content (AvgIpc) is 3.20. The van der Waals surface area contributed by atoms with Gasteiger partial charge in [-0.05, 0) is 49.1 Å². The van der Waals surface area contributed by atoms with Gasteiger partial charge in [-0.15, -0.1) is 0 Å². The zero-order valence-corrected chi connectivity index (χ0v) is 11.3. The molecule has 2 nitrogen and oxygen atoms in total. The van der Waals surface area contributed by atoms with Crippen LogP contribution in [0.2, 0.25) is 0 Å². The van der Waals surface area contributed by atoms with Crippen molar-refractivity contribution in [3.63, 3.8) is 0 Å². The number of rotatable bonds is 4. The van der Waals surface area contributed by atoms with Crippen LogP contribution < -0.4 is 10.6 Å². The molecule has 3 rings (SSSR count). The van der Waals surface area contributed by atoms with Crippen molar-refractivity contribution in [2.45, 2.75) is 32.4 Å². The third-order valence-electron chi connectivity index (χ3n) is 3.60. The standard InChI is InChI=1S/C17H20N2/c1-13-9-15(18)11-17(10-13)19(16-7-8-16)12-14-5-3-2-4-6-14/h2-6,9-11,16H,7-8,12,18H2,1H3. The third-order valence-corrected chi connectivity index (χ3v) is 3.60. The Morgan fingerprint density at radius 1 is 1.11 bits per heavy atom. The molecule has 1 saturated carbocycles. The smallest absolute Gasteiger partial charge is 0.0432 e. The molecule has 0 amide bonds. The predicted molar refractivity (Wildman–Crippen MR) is 81.2 cm³/mol. The van der Waals surface area contributed by atoms with Crippen LogP contribution >= 0.6 is 0 Å². The highest BCUT2D eigenvalue weighted by molar-refractivity contribution is 5.59. The molecular weight excluding hydrogens is 232 g/mol. The first kappa shape index (κ1) is 12.1. The molecule has 2 aromatic rings. The van der Waals surface area contributed by atoms with Gasteiger partial charge >= 0.3 is 0 Å². The molecule has 0 bridgehead atoms. The topological polar surface area (TPSA) is 29.3 Å². The van der Waals surface area contributed by atoms with Gasteiger partial charge in [-0.3, -0.25) is 0 Å². The number of aryl methyl sites for hydroxylation is 1. The van der Waals surface area contributed by atoms with E-state index in [0.29, 0.717) is 6.04 Å². The van der Waals surface area contributed by atoms with Crippen LogP contribution in [0.5, 0.6) is 0 Å². The van der Waals surface area contributed by atoms with Crippen molar-refractivity contribution in [3.8, 4) is 0 Å². The monoisotopic (exact) mass is 252 g/mol. The lowest BCUT2D eigenvalue weighted by Crippen LogP contribution is -2.25. The SMILES string of the molecule is Cc1cc(N)cc(N(Cc2ccccc2)C2CC2)c1. The van der Waals surface area contributed by atoms with Gasteiger partial charge in [-0.2, -0.15) is 0 Å². The maximum atomic E-state index is 5.98. The molecular formula is C17H20N2. The van der Waals surface area contributed by atoms with Crippen molar-refractivity contribution in [1.82, 2.24) is 0 Å². The minimum absolute atomic E-state index is 0.682. The molecule has 0 aliphatic heterocycles. The molecule has 2 heteroatoms. The molecule has 1 fully saturated rings. The van der Waals surface area contributed by atoms with Crippen LogP contribution in [-0.4, -0.2) is 6.04 Å². The Morgan fingerprint density at radius 2 is 1.84 bits per heavy atom. The summed E-state index contributed by atoms with van der Waals surface area (Å²) in [6.45, 7) is 3.07. The molecule has 1 aliphatic carbocycles. The molecule has 1 aliphatic rings. The fourth-order valence-corrected chi connectivity index (χ4v) is 2.56. The van der Waals surface area contributed by atoms with Crippen LogP contribution in [-0.2, 0) is 6.54 Å². The quantitative estimate of drug-likeness (QED) is 0.840. The molecule has 19 heavy (non-hydrogen) atoms. The summed E-state index contributed by atoms with van der Waals surface area (Å²) in [5.41, 5.74) is 10.7. The maximum Gasteiger partial charge on any atom is 0.0432 e. The van der Waals surface area contributed by atoms with E-state index in [0.717, 1.165) is 12.2 Å². The Bertz CT molecular complexity index is 538. The second-order valence-electron chi connectivity index (χ2n) is 5.45. The molecule has 0 aromatic heterocycles. The van der Waals surface area contributed by atoms with Crippen molar-refractivity contribution in [3.05, 3.63) is 59.7 Å². The van der Waals surface area contributed by atoms with Gasteiger partial charge < -0.3 is 10.6 Å². The molecule has 0 atom stereocenters. The number of nitrogens with two attached hydrogens (primary N) is 1. The van der Waals surface area contributed by atoms with Crippen LogP contribution in [0.4, 0.5) is 11.4 Å². The molecule has 0 heterocycles. The van der Waals surface area contributed by atoms with E-state index in [1.165, 1.54) is 29.7 Å². The molecule has 0 unspecified atom stereocenters. The number of nitrogens with zero attached hydrogens (tertiary/aromatic N) is 1. The van der Waals surface area contributed by atoms with Crippen LogP contribution in [0.15, 0.2) is 48.5 Å². The van der Waals surface area contributed by atoms with Gasteiger partial charge in [0.25, 0.3) is 0 Å². The van der Waals surface area contributed by atoms with Gasteiger partial charge in [0, 0.05) is 24.0 Å². The minimum Gasteiger partial charge on any atom is -0.399 e. The first-order valence-electron chi connectivity index (χ1n) is 6.90. The van der Waals surface area contributed by atoms with Gasteiger partial charge in [0.1, 0.15) is 0 Å². The summed E-state index contributed by atoms with van der Waals surface area (Å²) in [5, 5.41) is 0. The lowest BCUT2D eigenvalue weighted by Gasteiger charge is -2.25. The number of nitrogen functional groups attached to an aromatic ring is 1. The molecule has 2 N–H and O–H groups in total. The Labute approximate surface area is 114 Å². The normalized spacial score (nSPS) is 14.4. The number of benzene rings is 2. The van der Waals surface area contributed by atoms with Gasteiger partial charge in [-0.25, -0.2) is 0 Å². The Hall–Kier alpha value is -1.96. The zero-order valence-electron chi connectivity index (χ0n) is 11.3. The van der Waals surface area contributed by atoms with E-state index in [1.807, 2.05) is 6.07 Å². The molecule has 0 radical (unpaired) electrons. The first-order valence-corrected chi connectivity index (χ1v) is 6.90. The third kappa shape index (κ3) is 2.90. The van der Waals surface area contributed by atoms with Gasteiger partial charge in [0.05, 0.1) is 0 Å². The van der Waals surface area contributed by atoms with Crippen molar-refractivity contribution < 1.29 is 0 Å². The van der Waals surface area contributed by atoms with Crippen LogP contribution in [0.25, 0.3) is 0 Å². The summed E-state index contributed by atoms with van der Waals surface area (Å²) in [4.78, 5) is 2.48. The maximum absolute atomic E-state index is 5.98. The van der Waals surface area contributed by atoms with E-state index in [9.17, 15) is 0 Å². The Morgan fingerprint density at radius 3 is 2.47 bits per heavy atom. The van der Waals surface area contributed by atoms with Gasteiger partial charge in [-0.1, -0.05) is 30.3 Å². The Balaban J connectivity index is 1.88. The minimum atomic E-state index is 0.682. The summed E-state index contributed by atoms with van der Waals surface area (Å²) in [6, 6.07) is 17.7. The largest absolute Gasteiger partial charge is 0.399 e. The Kier molecular flexibility index (Phi) is 3.16. The van der Waals surface area contributed by atoms with E-state index in [-0.39, 0.29) is 0 Å². The molecule has 0 saturated heterocycles. The van der Waals surface area contributed by atoms with Crippen molar-refractivity contribution in [2.24, 2.45) is 0 Å². The van der Waals surface area contributed by atoms with Crippen LogP contribution in [0.3, 0.4) is 0 Å². The van der Waals surface area contributed by atoms with Gasteiger partial charge in [0.15, 0.2) is 0 Å². The second-order valence-corrected chi connectivity index (χ2v) is 5.45. The fraction of sp³-hybridized carbons (Fsp3) is 0.294. The van der Waals surface area contributed by atoms with Crippen molar-refractivity contribution in [1.29, 1.82) is 0 Å². The first-order chi connectivity index (χ1) is 9.22. The van der Waals surface area contributed by atoms with Crippen LogP contribution in [0.1, 0.15) is 24.0 Å². The van der Waals surface area contributed by atoms with E-state index in [4.69, 9.17) is 5.73 Å². The second kappa shape index (κ2) is 4.96. The van der Waals surface area contributed by atoms with E-state index in [1.54, 1.807) is 0 Å². The van der Waals surface area contributed by atoms with E-state index in [2.05, 4.69) is 54.3 Å². The van der Waals surface area contributed by atoms with Crippen LogP contribution in [0, 0.1) is 6.92 Å². The van der Waals surface area contributed by atoms with E-state index >= 15 is 0 Å². The molecule has 98 valence electrons. The predicted octanol–water partition coefficient (Wildman–Crippen LogP) is 3.75. The van der Waals surface area contributed by atoms with Gasteiger partial charge in [0.2, 0.25) is 0 Å². The summed E-state index contributed by atoms with van der Waals surface area (Å²) in [7, 11) is 0. The number of hydrogen-bond donors (Lipinski definition) is 1. The lowest BCUT2D eigenvalue weighted by atomic mass is 10.1. The fourth-order valence-electron chi connectivity index (χ4n) is 2.56. The zero-order chi connectivity index (χ0) is 13.2. The number of anilines is 2. The van der Waals surface area contributed by atoms with Crippen molar-refractivity contribution >= 4 is 11.4 Å². The highest BCUT2D eigenvalue weighted by Crippen LogP contribution is 2.34. The number of hydrogen-bond acceptors (Lipinski definition) is 2. The molecule has 0 spiro atoms.